The number of rotatable bonds is 3. The SMILES string of the molecule is Cn1cnc2nc(NCc3ncoc3C(C)(C)C)ncc21. The van der Waals surface area contributed by atoms with E-state index in [4.69, 9.17) is 4.42 Å². The van der Waals surface area contributed by atoms with Gasteiger partial charge in [-0.15, -0.1) is 0 Å². The zero-order valence-electron chi connectivity index (χ0n) is 12.6. The first-order valence-electron chi connectivity index (χ1n) is 6.76. The Balaban J connectivity index is 1.79. The summed E-state index contributed by atoms with van der Waals surface area (Å²) in [5, 5.41) is 3.17. The summed E-state index contributed by atoms with van der Waals surface area (Å²) >= 11 is 0. The van der Waals surface area contributed by atoms with E-state index < -0.39 is 0 Å². The first-order chi connectivity index (χ1) is 9.95. The van der Waals surface area contributed by atoms with E-state index in [9.17, 15) is 0 Å². The second-order valence-corrected chi connectivity index (χ2v) is 5.99. The van der Waals surface area contributed by atoms with E-state index in [1.807, 2.05) is 11.6 Å². The average Bonchev–Trinajstić information content (AvgIpc) is 3.03. The van der Waals surface area contributed by atoms with Crippen molar-refractivity contribution in [3.8, 4) is 0 Å². The minimum Gasteiger partial charge on any atom is -0.448 e. The van der Waals surface area contributed by atoms with E-state index in [-0.39, 0.29) is 5.41 Å². The summed E-state index contributed by atoms with van der Waals surface area (Å²) in [6.45, 7) is 6.79. The maximum absolute atomic E-state index is 5.48. The molecular weight excluding hydrogens is 268 g/mol. The van der Waals surface area contributed by atoms with E-state index in [1.54, 1.807) is 12.5 Å². The van der Waals surface area contributed by atoms with Gasteiger partial charge in [-0.2, -0.15) is 4.98 Å². The van der Waals surface area contributed by atoms with Gasteiger partial charge in [0.25, 0.3) is 0 Å². The van der Waals surface area contributed by atoms with Gasteiger partial charge in [0.1, 0.15) is 17.0 Å². The number of aryl methyl sites for hydroxylation is 1. The molecule has 0 bridgehead atoms. The Hall–Kier alpha value is -2.44. The molecule has 0 aliphatic heterocycles. The molecule has 3 rings (SSSR count). The Bertz CT molecular complexity index is 767. The number of imidazole rings is 1. The quantitative estimate of drug-likeness (QED) is 0.795. The Morgan fingerprint density at radius 3 is 2.81 bits per heavy atom. The molecule has 0 fully saturated rings. The molecule has 110 valence electrons. The minimum atomic E-state index is -0.0840. The molecule has 0 saturated carbocycles. The largest absolute Gasteiger partial charge is 0.448 e. The van der Waals surface area contributed by atoms with Gasteiger partial charge in [0.15, 0.2) is 12.0 Å². The molecule has 0 unspecified atom stereocenters. The summed E-state index contributed by atoms with van der Waals surface area (Å²) in [5.74, 6) is 1.40. The van der Waals surface area contributed by atoms with Gasteiger partial charge in [0.2, 0.25) is 5.95 Å². The molecule has 3 aromatic rings. The lowest BCUT2D eigenvalue weighted by atomic mass is 9.92. The molecule has 0 aromatic carbocycles. The van der Waals surface area contributed by atoms with E-state index in [1.165, 1.54) is 6.39 Å². The highest BCUT2D eigenvalue weighted by Gasteiger charge is 2.22. The highest BCUT2D eigenvalue weighted by molar-refractivity contribution is 5.70. The van der Waals surface area contributed by atoms with Crippen LogP contribution in [0.2, 0.25) is 0 Å². The normalized spacial score (nSPS) is 12.0. The number of nitrogens with zero attached hydrogens (tertiary/aromatic N) is 5. The lowest BCUT2D eigenvalue weighted by Gasteiger charge is -2.16. The molecule has 3 heterocycles. The molecule has 0 radical (unpaired) electrons. The first kappa shape index (κ1) is 13.5. The van der Waals surface area contributed by atoms with Crippen molar-refractivity contribution in [1.82, 2.24) is 24.5 Å². The van der Waals surface area contributed by atoms with E-state index in [2.05, 4.69) is 46.0 Å². The molecule has 0 saturated heterocycles. The van der Waals surface area contributed by atoms with E-state index >= 15 is 0 Å². The van der Waals surface area contributed by atoms with Gasteiger partial charge in [-0.1, -0.05) is 20.8 Å². The van der Waals surface area contributed by atoms with Crippen molar-refractivity contribution in [2.45, 2.75) is 32.7 Å². The highest BCUT2D eigenvalue weighted by atomic mass is 16.3. The van der Waals surface area contributed by atoms with Crippen LogP contribution in [0.25, 0.3) is 11.2 Å². The van der Waals surface area contributed by atoms with Crippen LogP contribution in [0.4, 0.5) is 5.95 Å². The van der Waals surface area contributed by atoms with Crippen LogP contribution in [-0.2, 0) is 19.0 Å². The maximum Gasteiger partial charge on any atom is 0.225 e. The van der Waals surface area contributed by atoms with Crippen molar-refractivity contribution in [2.75, 3.05) is 5.32 Å². The lowest BCUT2D eigenvalue weighted by Crippen LogP contribution is -2.15. The van der Waals surface area contributed by atoms with Crippen molar-refractivity contribution < 1.29 is 4.42 Å². The molecule has 3 aromatic heterocycles. The molecule has 7 nitrogen and oxygen atoms in total. The molecule has 0 amide bonds. The number of oxazole rings is 1. The van der Waals surface area contributed by atoms with Gasteiger partial charge in [-0.25, -0.2) is 15.0 Å². The maximum atomic E-state index is 5.48. The Morgan fingerprint density at radius 2 is 2.05 bits per heavy atom. The fraction of sp³-hybridized carbons (Fsp3) is 0.429. The summed E-state index contributed by atoms with van der Waals surface area (Å²) in [6.07, 6.45) is 4.95. The van der Waals surface area contributed by atoms with Crippen molar-refractivity contribution in [1.29, 1.82) is 0 Å². The molecule has 1 N–H and O–H groups in total. The number of hydrogen-bond donors (Lipinski definition) is 1. The molecular formula is C14H18N6O. The van der Waals surface area contributed by atoms with Gasteiger partial charge in [-0.05, 0) is 0 Å². The van der Waals surface area contributed by atoms with Crippen LogP contribution >= 0.6 is 0 Å². The summed E-state index contributed by atoms with van der Waals surface area (Å²) < 4.78 is 7.37. The molecule has 7 heteroatoms. The Labute approximate surface area is 122 Å². The van der Waals surface area contributed by atoms with Gasteiger partial charge in [0, 0.05) is 12.5 Å². The monoisotopic (exact) mass is 286 g/mol. The van der Waals surface area contributed by atoms with Crippen molar-refractivity contribution in [3.63, 3.8) is 0 Å². The van der Waals surface area contributed by atoms with Crippen LogP contribution in [0.1, 0.15) is 32.2 Å². The topological polar surface area (TPSA) is 81.7 Å². The predicted octanol–water partition coefficient (Wildman–Crippen LogP) is 2.26. The highest BCUT2D eigenvalue weighted by Crippen LogP contribution is 2.25. The summed E-state index contributed by atoms with van der Waals surface area (Å²) in [7, 11) is 1.91. The van der Waals surface area contributed by atoms with Crippen molar-refractivity contribution in [3.05, 3.63) is 30.4 Å². The fourth-order valence-electron chi connectivity index (χ4n) is 2.17. The zero-order chi connectivity index (χ0) is 15.0. The minimum absolute atomic E-state index is 0.0840. The number of hydrogen-bond acceptors (Lipinski definition) is 6. The molecule has 0 spiro atoms. The van der Waals surface area contributed by atoms with Crippen LogP contribution in [0.3, 0.4) is 0 Å². The van der Waals surface area contributed by atoms with Crippen LogP contribution in [-0.4, -0.2) is 24.5 Å². The number of nitrogens with one attached hydrogen (secondary N) is 1. The standard InChI is InChI=1S/C14H18N6O/c1-14(2,3)11-9(18-8-21-11)5-15-13-16-6-10-12(19-13)17-7-20(10)4/h6-8H,5H2,1-4H3,(H,15,16,19). The summed E-state index contributed by atoms with van der Waals surface area (Å²) in [4.78, 5) is 17.1. The zero-order valence-corrected chi connectivity index (χ0v) is 12.6. The fourth-order valence-corrected chi connectivity index (χ4v) is 2.17. The summed E-state index contributed by atoms with van der Waals surface area (Å²) in [5.41, 5.74) is 2.36. The molecule has 0 atom stereocenters. The molecule has 21 heavy (non-hydrogen) atoms. The van der Waals surface area contributed by atoms with Crippen LogP contribution in [0.5, 0.6) is 0 Å². The second-order valence-electron chi connectivity index (χ2n) is 5.99. The second kappa shape index (κ2) is 4.83. The van der Waals surface area contributed by atoms with Crippen molar-refractivity contribution >= 4 is 17.1 Å². The van der Waals surface area contributed by atoms with Crippen LogP contribution in [0, 0.1) is 0 Å². The summed E-state index contributed by atoms with van der Waals surface area (Å²) in [6, 6.07) is 0. The van der Waals surface area contributed by atoms with Crippen LogP contribution in [0.15, 0.2) is 23.3 Å². The number of aromatic nitrogens is 5. The predicted molar refractivity (Wildman–Crippen MR) is 78.8 cm³/mol. The average molecular weight is 286 g/mol. The molecule has 0 aliphatic rings. The third-order valence-electron chi connectivity index (χ3n) is 3.22. The Morgan fingerprint density at radius 1 is 1.24 bits per heavy atom. The van der Waals surface area contributed by atoms with Crippen LogP contribution < -0.4 is 5.32 Å². The van der Waals surface area contributed by atoms with Gasteiger partial charge >= 0.3 is 0 Å². The Kier molecular flexibility index (Phi) is 3.12. The van der Waals surface area contributed by atoms with Gasteiger partial charge in [-0.3, -0.25) is 0 Å². The molecule has 0 aliphatic carbocycles. The lowest BCUT2D eigenvalue weighted by molar-refractivity contribution is 0.404. The van der Waals surface area contributed by atoms with E-state index in [0.717, 1.165) is 17.0 Å². The van der Waals surface area contributed by atoms with E-state index in [0.29, 0.717) is 18.1 Å². The van der Waals surface area contributed by atoms with Crippen molar-refractivity contribution in [2.24, 2.45) is 7.05 Å². The smallest absolute Gasteiger partial charge is 0.225 e. The van der Waals surface area contributed by atoms with Gasteiger partial charge in [0.05, 0.1) is 19.1 Å². The number of anilines is 1. The van der Waals surface area contributed by atoms with Gasteiger partial charge < -0.3 is 14.3 Å². The third-order valence-corrected chi connectivity index (χ3v) is 3.22. The number of fused-ring (bicyclic) bond motifs is 1. The third kappa shape index (κ3) is 2.58. The first-order valence-corrected chi connectivity index (χ1v) is 6.76.